The molecule has 0 aliphatic rings. The van der Waals surface area contributed by atoms with E-state index in [1.807, 2.05) is 24.3 Å². The number of carbonyl (C=O) groups excluding carboxylic acids is 1. The molecular weight excluding hydrogens is 395 g/mol. The van der Waals surface area contributed by atoms with Gasteiger partial charge in [0.1, 0.15) is 11.5 Å². The lowest BCUT2D eigenvalue weighted by Crippen LogP contribution is -2.05. The zero-order valence-corrected chi connectivity index (χ0v) is 16.8. The van der Waals surface area contributed by atoms with Gasteiger partial charge in [-0.25, -0.2) is 0 Å². The second-order valence-corrected chi connectivity index (χ2v) is 7.86. The lowest BCUT2D eigenvalue weighted by atomic mass is 10.1. The minimum Gasteiger partial charge on any atom is -0.496 e. The largest absolute Gasteiger partial charge is 0.496 e. The van der Waals surface area contributed by atoms with Crippen molar-refractivity contribution in [3.8, 4) is 17.1 Å². The Labute approximate surface area is 167 Å². The van der Waals surface area contributed by atoms with Gasteiger partial charge in [0.2, 0.25) is 11.4 Å². The fourth-order valence-electron chi connectivity index (χ4n) is 2.77. The number of amides is 1. The van der Waals surface area contributed by atoms with Gasteiger partial charge in [-0.2, -0.15) is 0 Å². The maximum absolute atomic E-state index is 11.4. The number of carbonyl (C=O) groups is 1. The van der Waals surface area contributed by atoms with Crippen LogP contribution >= 0.6 is 7.60 Å². The van der Waals surface area contributed by atoms with Crippen molar-refractivity contribution in [1.29, 1.82) is 0 Å². The van der Waals surface area contributed by atoms with Crippen molar-refractivity contribution in [2.24, 2.45) is 0 Å². The molecule has 2 aromatic carbocycles. The fraction of sp³-hybridized carbons (Fsp3) is 0.150. The van der Waals surface area contributed by atoms with Crippen LogP contribution in [0.1, 0.15) is 12.5 Å². The molecule has 0 aliphatic carbocycles. The summed E-state index contributed by atoms with van der Waals surface area (Å²) in [6.45, 7) is 1.96. The Balaban J connectivity index is 1.77. The van der Waals surface area contributed by atoms with Crippen LogP contribution in [0.15, 0.2) is 59.0 Å². The van der Waals surface area contributed by atoms with Crippen molar-refractivity contribution < 1.29 is 28.3 Å². The van der Waals surface area contributed by atoms with Gasteiger partial charge < -0.3 is 29.6 Å². The summed E-state index contributed by atoms with van der Waals surface area (Å²) in [6.07, 6.45) is 0. The normalized spacial score (nSPS) is 11.2. The maximum atomic E-state index is 11.4. The van der Waals surface area contributed by atoms with Crippen LogP contribution in [0.4, 0.5) is 11.4 Å². The first kappa shape index (κ1) is 20.7. The molecule has 0 unspecified atom stereocenters. The van der Waals surface area contributed by atoms with E-state index in [4.69, 9.17) is 9.15 Å². The molecule has 3 aromatic rings. The Bertz CT molecular complexity index is 1060. The van der Waals surface area contributed by atoms with Crippen LogP contribution < -0.4 is 20.9 Å². The summed E-state index contributed by atoms with van der Waals surface area (Å²) < 4.78 is 22.1. The van der Waals surface area contributed by atoms with E-state index in [0.717, 1.165) is 11.3 Å². The molecule has 0 bridgehead atoms. The van der Waals surface area contributed by atoms with Crippen LogP contribution in [0.2, 0.25) is 0 Å². The molecule has 0 atom stereocenters. The van der Waals surface area contributed by atoms with E-state index >= 15 is 0 Å². The third-order valence-electron chi connectivity index (χ3n) is 4.11. The first-order chi connectivity index (χ1) is 13.8. The van der Waals surface area contributed by atoms with Crippen LogP contribution in [0, 0.1) is 0 Å². The topological polar surface area (TPSA) is 121 Å². The third kappa shape index (κ3) is 5.26. The number of benzene rings is 2. The molecule has 4 N–H and O–H groups in total. The Morgan fingerprint density at radius 3 is 2.34 bits per heavy atom. The highest BCUT2D eigenvalue weighted by molar-refractivity contribution is 7.59. The average Bonchev–Trinajstić information content (AvgIpc) is 3.17. The molecule has 8 nitrogen and oxygen atoms in total. The number of ether oxygens (including phenoxy) is 1. The second kappa shape index (κ2) is 8.53. The SMILES string of the molecule is COc1ccc(CNc2ccc(NC(C)=O)cc2)cc1-c1ccc(P(=O)(O)O)o1. The standard InChI is InChI=1S/C20H21N2O6P/c1-13(23)22-16-6-4-15(5-7-16)21-12-14-3-8-18(27-2)17(11-14)19-9-10-20(28-19)29(24,25)26/h3-11,21H,12H2,1-2H3,(H,22,23)(H2,24,25,26). The smallest absolute Gasteiger partial charge is 0.391 e. The highest BCUT2D eigenvalue weighted by Crippen LogP contribution is 2.37. The first-order valence-corrected chi connectivity index (χ1v) is 10.3. The number of rotatable bonds is 7. The Hall–Kier alpha value is -3.06. The Morgan fingerprint density at radius 1 is 1.07 bits per heavy atom. The van der Waals surface area contributed by atoms with Crippen molar-refractivity contribution >= 4 is 30.4 Å². The molecule has 29 heavy (non-hydrogen) atoms. The van der Waals surface area contributed by atoms with E-state index in [-0.39, 0.29) is 5.91 Å². The van der Waals surface area contributed by atoms with Gasteiger partial charge in [-0.15, -0.1) is 0 Å². The van der Waals surface area contributed by atoms with Crippen LogP contribution in [-0.2, 0) is 15.9 Å². The van der Waals surface area contributed by atoms with Gasteiger partial charge in [-0.3, -0.25) is 9.36 Å². The Kier molecular flexibility index (Phi) is 6.08. The monoisotopic (exact) mass is 416 g/mol. The van der Waals surface area contributed by atoms with Gasteiger partial charge in [0.25, 0.3) is 0 Å². The summed E-state index contributed by atoms with van der Waals surface area (Å²) in [7, 11) is -2.95. The number of furan rings is 1. The molecule has 0 saturated carbocycles. The van der Waals surface area contributed by atoms with Crippen LogP contribution in [-0.4, -0.2) is 22.8 Å². The molecule has 9 heteroatoms. The van der Waals surface area contributed by atoms with Gasteiger partial charge >= 0.3 is 7.60 Å². The maximum Gasteiger partial charge on any atom is 0.391 e. The number of hydrogen-bond acceptors (Lipinski definition) is 5. The fourth-order valence-corrected chi connectivity index (χ4v) is 3.25. The molecule has 0 radical (unpaired) electrons. The van der Waals surface area contributed by atoms with E-state index in [1.165, 1.54) is 26.2 Å². The molecule has 3 rings (SSSR count). The molecule has 0 saturated heterocycles. The number of hydrogen-bond donors (Lipinski definition) is 4. The summed E-state index contributed by atoms with van der Waals surface area (Å²) in [5, 5.41) is 5.99. The molecule has 1 heterocycles. The molecule has 1 aromatic heterocycles. The average molecular weight is 416 g/mol. The Morgan fingerprint density at radius 2 is 1.76 bits per heavy atom. The summed E-state index contributed by atoms with van der Waals surface area (Å²) in [5.74, 6) is 0.706. The summed E-state index contributed by atoms with van der Waals surface area (Å²) >= 11 is 0. The van der Waals surface area contributed by atoms with Gasteiger partial charge in [0, 0.05) is 24.8 Å². The lowest BCUT2D eigenvalue weighted by Gasteiger charge is -2.11. The molecule has 0 spiro atoms. The third-order valence-corrected chi connectivity index (χ3v) is 4.92. The van der Waals surface area contributed by atoms with E-state index in [2.05, 4.69) is 10.6 Å². The van der Waals surface area contributed by atoms with Gasteiger partial charge in [-0.1, -0.05) is 6.07 Å². The number of anilines is 2. The predicted molar refractivity (Wildman–Crippen MR) is 110 cm³/mol. The predicted octanol–water partition coefficient (Wildman–Crippen LogP) is 3.33. The molecule has 0 aliphatic heterocycles. The van der Waals surface area contributed by atoms with Crippen LogP contribution in [0.3, 0.4) is 0 Å². The van der Waals surface area contributed by atoms with E-state index in [0.29, 0.717) is 29.3 Å². The minimum absolute atomic E-state index is 0.128. The van der Waals surface area contributed by atoms with Crippen LogP contribution in [0.5, 0.6) is 5.75 Å². The van der Waals surface area contributed by atoms with Crippen LogP contribution in [0.25, 0.3) is 11.3 Å². The zero-order chi connectivity index (χ0) is 21.0. The second-order valence-electron chi connectivity index (χ2n) is 6.33. The number of methoxy groups -OCH3 is 1. The first-order valence-electron chi connectivity index (χ1n) is 8.71. The highest BCUT2D eigenvalue weighted by atomic mass is 31.2. The number of nitrogens with one attached hydrogen (secondary N) is 2. The quantitative estimate of drug-likeness (QED) is 0.436. The summed E-state index contributed by atoms with van der Waals surface area (Å²) in [6, 6.07) is 15.6. The summed E-state index contributed by atoms with van der Waals surface area (Å²) in [4.78, 5) is 29.6. The molecular formula is C20H21N2O6P. The highest BCUT2D eigenvalue weighted by Gasteiger charge is 2.23. The molecule has 152 valence electrons. The van der Waals surface area contributed by atoms with Gasteiger partial charge in [0.05, 0.1) is 12.7 Å². The van der Waals surface area contributed by atoms with E-state index in [9.17, 15) is 19.1 Å². The zero-order valence-electron chi connectivity index (χ0n) is 15.9. The van der Waals surface area contributed by atoms with Crippen molar-refractivity contribution in [1.82, 2.24) is 0 Å². The van der Waals surface area contributed by atoms with E-state index in [1.54, 1.807) is 18.2 Å². The van der Waals surface area contributed by atoms with Gasteiger partial charge in [0.15, 0.2) is 0 Å². The lowest BCUT2D eigenvalue weighted by molar-refractivity contribution is -0.114. The van der Waals surface area contributed by atoms with Crippen molar-refractivity contribution in [3.05, 3.63) is 60.2 Å². The molecule has 1 amide bonds. The van der Waals surface area contributed by atoms with Gasteiger partial charge in [-0.05, 0) is 54.1 Å². The molecule has 0 fully saturated rings. The van der Waals surface area contributed by atoms with Crippen molar-refractivity contribution in [2.45, 2.75) is 13.5 Å². The van der Waals surface area contributed by atoms with E-state index < -0.39 is 13.1 Å². The van der Waals surface area contributed by atoms with Crippen molar-refractivity contribution in [3.63, 3.8) is 0 Å². The summed E-state index contributed by atoms with van der Waals surface area (Å²) in [5.41, 5.74) is 2.71. The van der Waals surface area contributed by atoms with Crippen molar-refractivity contribution in [2.75, 3.05) is 17.7 Å². The minimum atomic E-state index is -4.47.